The Hall–Kier alpha value is -2.10. The van der Waals surface area contributed by atoms with Crippen molar-refractivity contribution in [1.82, 2.24) is 10.6 Å². The Morgan fingerprint density at radius 2 is 2.00 bits per heavy atom. The highest BCUT2D eigenvalue weighted by Gasteiger charge is 2.66. The number of thiophene rings is 1. The van der Waals surface area contributed by atoms with Crippen molar-refractivity contribution in [3.63, 3.8) is 0 Å². The van der Waals surface area contributed by atoms with E-state index < -0.39 is 35.7 Å². The molecule has 10 heteroatoms. The molecule has 2 aromatic rings. The lowest BCUT2D eigenvalue weighted by Gasteiger charge is -2.44. The van der Waals surface area contributed by atoms with Crippen molar-refractivity contribution in [3.05, 3.63) is 57.2 Å². The van der Waals surface area contributed by atoms with Gasteiger partial charge in [-0.05, 0) is 29.1 Å². The number of benzene rings is 1. The van der Waals surface area contributed by atoms with Crippen LogP contribution in [-0.4, -0.2) is 28.8 Å². The van der Waals surface area contributed by atoms with Crippen LogP contribution in [0.25, 0.3) is 0 Å². The number of urea groups is 1. The molecule has 0 bridgehead atoms. The zero-order valence-electron chi connectivity index (χ0n) is 12.9. The highest BCUT2D eigenvalue weighted by molar-refractivity contribution is 7.12. The molecule has 1 aromatic carbocycles. The zero-order chi connectivity index (χ0) is 19.1. The minimum absolute atomic E-state index is 0.0302. The molecule has 26 heavy (non-hydrogen) atoms. The summed E-state index contributed by atoms with van der Waals surface area (Å²) in [7, 11) is 0. The van der Waals surface area contributed by atoms with E-state index in [1.807, 2.05) is 0 Å². The molecule has 1 aromatic heterocycles. The second-order valence-corrected chi connectivity index (χ2v) is 7.10. The summed E-state index contributed by atoms with van der Waals surface area (Å²) >= 11 is 6.84. The molecular formula is C16H12ClF3N2O3S. The maximum atomic E-state index is 13.7. The molecule has 0 radical (unpaired) electrons. The summed E-state index contributed by atoms with van der Waals surface area (Å²) in [4.78, 5) is 24.7. The Morgan fingerprint density at radius 1 is 1.27 bits per heavy atom. The summed E-state index contributed by atoms with van der Waals surface area (Å²) in [6.07, 6.45) is -5.28. The first-order valence-electron chi connectivity index (χ1n) is 7.34. The van der Waals surface area contributed by atoms with Crippen molar-refractivity contribution in [1.29, 1.82) is 0 Å². The Bertz CT molecular complexity index is 844. The van der Waals surface area contributed by atoms with Gasteiger partial charge < -0.3 is 15.7 Å². The van der Waals surface area contributed by atoms with Gasteiger partial charge in [0.15, 0.2) is 5.78 Å². The highest BCUT2D eigenvalue weighted by Crippen LogP contribution is 2.44. The van der Waals surface area contributed by atoms with Gasteiger partial charge in [0, 0.05) is 5.02 Å². The number of ketones is 1. The van der Waals surface area contributed by atoms with Crippen LogP contribution in [0.1, 0.15) is 21.3 Å². The standard InChI is InChI=1S/C16H12ClF3N2O3S/c17-9-4-1-3-8(7-9)12-11(13(23)10-5-2-6-26-10)15(25,16(18,19)20)22-14(24)21-12/h1-7,11-12,25H,(H2,21,22,24)/t11-,12+,15-/m0/s1. The molecule has 0 unspecified atom stereocenters. The van der Waals surface area contributed by atoms with E-state index in [1.165, 1.54) is 47.1 Å². The van der Waals surface area contributed by atoms with Crippen LogP contribution >= 0.6 is 22.9 Å². The van der Waals surface area contributed by atoms with Gasteiger partial charge in [-0.3, -0.25) is 4.79 Å². The third-order valence-electron chi connectivity index (χ3n) is 4.06. The maximum absolute atomic E-state index is 13.7. The Kier molecular flexibility index (Phi) is 4.72. The molecule has 2 amide bonds. The van der Waals surface area contributed by atoms with Gasteiger partial charge in [-0.15, -0.1) is 11.3 Å². The summed E-state index contributed by atoms with van der Waals surface area (Å²) in [6, 6.07) is 5.93. The summed E-state index contributed by atoms with van der Waals surface area (Å²) in [5.41, 5.74) is -3.56. The molecule has 1 aliphatic heterocycles. The fraction of sp³-hybridized carbons (Fsp3) is 0.250. The summed E-state index contributed by atoms with van der Waals surface area (Å²) in [6.45, 7) is 0. The van der Waals surface area contributed by atoms with E-state index in [9.17, 15) is 27.9 Å². The van der Waals surface area contributed by atoms with Crippen molar-refractivity contribution in [3.8, 4) is 0 Å². The number of hydrogen-bond donors (Lipinski definition) is 3. The summed E-state index contributed by atoms with van der Waals surface area (Å²) < 4.78 is 41.0. The highest BCUT2D eigenvalue weighted by atomic mass is 35.5. The molecule has 1 aliphatic rings. The van der Waals surface area contributed by atoms with E-state index in [0.29, 0.717) is 0 Å². The number of carbonyl (C=O) groups is 2. The predicted octanol–water partition coefficient (Wildman–Crippen LogP) is 3.51. The molecule has 1 saturated heterocycles. The molecule has 138 valence electrons. The first-order valence-corrected chi connectivity index (χ1v) is 8.60. The van der Waals surface area contributed by atoms with Crippen molar-refractivity contribution in [2.24, 2.45) is 5.92 Å². The molecule has 0 saturated carbocycles. The number of Topliss-reactive ketones (excluding diaryl/α,β-unsaturated/α-hetero) is 1. The van der Waals surface area contributed by atoms with Crippen molar-refractivity contribution in [2.75, 3.05) is 0 Å². The van der Waals surface area contributed by atoms with E-state index in [2.05, 4.69) is 5.32 Å². The Labute approximate surface area is 154 Å². The molecule has 3 N–H and O–H groups in total. The lowest BCUT2D eigenvalue weighted by molar-refractivity contribution is -0.287. The molecule has 3 rings (SSSR count). The van der Waals surface area contributed by atoms with Crippen LogP contribution in [0.5, 0.6) is 0 Å². The summed E-state index contributed by atoms with van der Waals surface area (Å²) in [5, 5.41) is 15.9. The van der Waals surface area contributed by atoms with E-state index in [0.717, 1.165) is 11.3 Å². The van der Waals surface area contributed by atoms with Gasteiger partial charge >= 0.3 is 12.2 Å². The smallest absolute Gasteiger partial charge is 0.363 e. The quantitative estimate of drug-likeness (QED) is 0.685. The SMILES string of the molecule is O=C1N[C@H](c2cccc(Cl)c2)[C@@H](C(=O)c2cccs2)[C@](O)(C(F)(F)F)N1. The van der Waals surface area contributed by atoms with Crippen molar-refractivity contribution < 1.29 is 27.9 Å². The monoisotopic (exact) mass is 404 g/mol. The second-order valence-electron chi connectivity index (χ2n) is 5.71. The molecule has 2 heterocycles. The van der Waals surface area contributed by atoms with Crippen LogP contribution in [0.4, 0.5) is 18.0 Å². The van der Waals surface area contributed by atoms with Gasteiger partial charge in [0.05, 0.1) is 10.9 Å². The fourth-order valence-electron chi connectivity index (χ4n) is 2.89. The molecule has 1 fully saturated rings. The lowest BCUT2D eigenvalue weighted by Crippen LogP contribution is -2.72. The molecule has 0 aliphatic carbocycles. The Balaban J connectivity index is 2.16. The van der Waals surface area contributed by atoms with Crippen LogP contribution in [0.3, 0.4) is 0 Å². The number of nitrogens with one attached hydrogen (secondary N) is 2. The molecular weight excluding hydrogens is 393 g/mol. The van der Waals surface area contributed by atoms with Crippen LogP contribution in [0.15, 0.2) is 41.8 Å². The van der Waals surface area contributed by atoms with Crippen molar-refractivity contribution in [2.45, 2.75) is 17.9 Å². The van der Waals surface area contributed by atoms with Crippen LogP contribution < -0.4 is 10.6 Å². The third kappa shape index (κ3) is 3.17. The molecule has 3 atom stereocenters. The van der Waals surface area contributed by atoms with Gasteiger partial charge in [-0.25, -0.2) is 4.79 Å². The minimum atomic E-state index is -5.28. The lowest BCUT2D eigenvalue weighted by atomic mass is 9.78. The average Bonchev–Trinajstić information content (AvgIpc) is 3.07. The van der Waals surface area contributed by atoms with Gasteiger partial charge in [0.25, 0.3) is 0 Å². The van der Waals surface area contributed by atoms with E-state index in [-0.39, 0.29) is 15.5 Å². The Morgan fingerprint density at radius 3 is 2.58 bits per heavy atom. The number of halogens is 4. The zero-order valence-corrected chi connectivity index (χ0v) is 14.5. The second kappa shape index (κ2) is 6.57. The van der Waals surface area contributed by atoms with E-state index >= 15 is 0 Å². The fourth-order valence-corrected chi connectivity index (χ4v) is 3.79. The van der Waals surface area contributed by atoms with Crippen molar-refractivity contribution >= 4 is 34.8 Å². The average molecular weight is 405 g/mol. The number of hydrogen-bond acceptors (Lipinski definition) is 4. The number of carbonyl (C=O) groups excluding carboxylic acids is 2. The molecule has 0 spiro atoms. The largest absolute Gasteiger partial charge is 0.437 e. The number of rotatable bonds is 3. The number of alkyl halides is 3. The third-order valence-corrected chi connectivity index (χ3v) is 5.18. The molecule has 5 nitrogen and oxygen atoms in total. The van der Waals surface area contributed by atoms with Gasteiger partial charge in [0.2, 0.25) is 5.72 Å². The normalized spacial score (nSPS) is 26.1. The van der Waals surface area contributed by atoms with Crippen LogP contribution in [0.2, 0.25) is 5.02 Å². The van der Waals surface area contributed by atoms with E-state index in [1.54, 1.807) is 0 Å². The van der Waals surface area contributed by atoms with Gasteiger partial charge in [0.1, 0.15) is 5.92 Å². The first-order chi connectivity index (χ1) is 12.1. The van der Waals surface area contributed by atoms with Crippen LogP contribution in [-0.2, 0) is 0 Å². The summed E-state index contributed by atoms with van der Waals surface area (Å²) in [5.74, 6) is -2.99. The predicted molar refractivity (Wildman–Crippen MR) is 89.0 cm³/mol. The minimum Gasteiger partial charge on any atom is -0.363 e. The van der Waals surface area contributed by atoms with Crippen LogP contribution in [0, 0.1) is 5.92 Å². The number of amides is 2. The first kappa shape index (κ1) is 18.7. The maximum Gasteiger partial charge on any atom is 0.437 e. The number of aliphatic hydroxyl groups is 1. The van der Waals surface area contributed by atoms with Gasteiger partial charge in [-0.2, -0.15) is 13.2 Å². The topological polar surface area (TPSA) is 78.4 Å². The van der Waals surface area contributed by atoms with Gasteiger partial charge in [-0.1, -0.05) is 29.8 Å². The van der Waals surface area contributed by atoms with E-state index in [4.69, 9.17) is 11.6 Å².